The SMILES string of the molecule is Cc1ccc(C(=C(F)F)c2cn(C)c3ccccc23)cc1. The highest BCUT2D eigenvalue weighted by molar-refractivity contribution is 5.97. The molecule has 1 heterocycles. The fourth-order valence-corrected chi connectivity index (χ4v) is 2.63. The second-order valence-electron chi connectivity index (χ2n) is 5.17. The van der Waals surface area contributed by atoms with Crippen molar-refractivity contribution in [1.29, 1.82) is 0 Å². The maximum absolute atomic E-state index is 13.6. The number of aryl methyl sites for hydroxylation is 2. The van der Waals surface area contributed by atoms with Gasteiger partial charge < -0.3 is 4.57 Å². The monoisotopic (exact) mass is 283 g/mol. The first-order valence-electron chi connectivity index (χ1n) is 6.74. The second kappa shape index (κ2) is 5.17. The number of nitrogens with zero attached hydrogens (tertiary/aromatic N) is 1. The maximum Gasteiger partial charge on any atom is 0.278 e. The van der Waals surface area contributed by atoms with E-state index in [9.17, 15) is 8.78 Å². The summed E-state index contributed by atoms with van der Waals surface area (Å²) in [6.07, 6.45) is 0.106. The number of benzene rings is 2. The van der Waals surface area contributed by atoms with Crippen molar-refractivity contribution in [2.75, 3.05) is 0 Å². The van der Waals surface area contributed by atoms with Crippen molar-refractivity contribution in [2.24, 2.45) is 7.05 Å². The molecule has 21 heavy (non-hydrogen) atoms. The minimum Gasteiger partial charge on any atom is -0.350 e. The zero-order valence-corrected chi connectivity index (χ0v) is 11.9. The molecule has 2 aromatic carbocycles. The largest absolute Gasteiger partial charge is 0.350 e. The number of aromatic nitrogens is 1. The van der Waals surface area contributed by atoms with E-state index in [1.54, 1.807) is 18.3 Å². The van der Waals surface area contributed by atoms with Crippen LogP contribution in [0.3, 0.4) is 0 Å². The normalized spacial score (nSPS) is 10.9. The van der Waals surface area contributed by atoms with E-state index >= 15 is 0 Å². The van der Waals surface area contributed by atoms with Crippen LogP contribution in [0.1, 0.15) is 16.7 Å². The van der Waals surface area contributed by atoms with Crippen LogP contribution in [-0.4, -0.2) is 4.57 Å². The Hall–Kier alpha value is -2.42. The van der Waals surface area contributed by atoms with Crippen molar-refractivity contribution in [3.8, 4) is 0 Å². The number of halogens is 2. The summed E-state index contributed by atoms with van der Waals surface area (Å²) in [4.78, 5) is 0. The van der Waals surface area contributed by atoms with E-state index in [4.69, 9.17) is 0 Å². The van der Waals surface area contributed by atoms with Crippen LogP contribution >= 0.6 is 0 Å². The molecule has 3 aromatic rings. The minimum absolute atomic E-state index is 0.00630. The summed E-state index contributed by atoms with van der Waals surface area (Å²) in [7, 11) is 1.87. The van der Waals surface area contributed by atoms with Crippen LogP contribution in [0.25, 0.3) is 16.5 Å². The molecule has 0 saturated carbocycles. The van der Waals surface area contributed by atoms with E-state index in [1.165, 1.54) is 0 Å². The lowest BCUT2D eigenvalue weighted by atomic mass is 9.98. The summed E-state index contributed by atoms with van der Waals surface area (Å²) in [5.41, 5.74) is 3.11. The molecule has 0 bridgehead atoms. The Morgan fingerprint density at radius 2 is 1.62 bits per heavy atom. The Kier molecular flexibility index (Phi) is 3.34. The Labute approximate surface area is 122 Å². The molecule has 0 aliphatic rings. The van der Waals surface area contributed by atoms with Crippen LogP contribution in [0.5, 0.6) is 0 Å². The predicted molar refractivity (Wildman–Crippen MR) is 82.3 cm³/mol. The summed E-state index contributed by atoms with van der Waals surface area (Å²) < 4.78 is 29.0. The lowest BCUT2D eigenvalue weighted by Crippen LogP contribution is -1.89. The van der Waals surface area contributed by atoms with E-state index < -0.39 is 6.08 Å². The van der Waals surface area contributed by atoms with Crippen molar-refractivity contribution in [2.45, 2.75) is 6.92 Å². The molecule has 0 N–H and O–H groups in total. The number of fused-ring (bicyclic) bond motifs is 1. The first-order chi connectivity index (χ1) is 10.1. The molecular formula is C18H15F2N. The molecular weight excluding hydrogens is 268 g/mol. The molecule has 1 aromatic heterocycles. The van der Waals surface area contributed by atoms with Gasteiger partial charge in [-0.25, -0.2) is 0 Å². The number of para-hydroxylation sites is 1. The fourth-order valence-electron chi connectivity index (χ4n) is 2.63. The van der Waals surface area contributed by atoms with Gasteiger partial charge in [0.25, 0.3) is 6.08 Å². The topological polar surface area (TPSA) is 4.93 Å². The standard InChI is InChI=1S/C18H15F2N/c1-12-7-9-13(10-8-12)17(18(19)20)15-11-21(2)16-6-4-3-5-14(15)16/h3-11H,1-2H3. The van der Waals surface area contributed by atoms with E-state index in [0.29, 0.717) is 11.1 Å². The highest BCUT2D eigenvalue weighted by atomic mass is 19.3. The van der Waals surface area contributed by atoms with Crippen LogP contribution < -0.4 is 0 Å². The van der Waals surface area contributed by atoms with Gasteiger partial charge in [0.05, 0.1) is 5.57 Å². The summed E-state index contributed by atoms with van der Waals surface area (Å²) in [5.74, 6) is 0. The molecule has 0 fully saturated rings. The van der Waals surface area contributed by atoms with E-state index in [2.05, 4.69) is 0 Å². The predicted octanol–water partition coefficient (Wildman–Crippen LogP) is 5.14. The van der Waals surface area contributed by atoms with Crippen LogP contribution in [0, 0.1) is 6.92 Å². The third-order valence-electron chi connectivity index (χ3n) is 3.70. The lowest BCUT2D eigenvalue weighted by molar-refractivity contribution is 0.426. The van der Waals surface area contributed by atoms with E-state index in [-0.39, 0.29) is 5.57 Å². The van der Waals surface area contributed by atoms with Crippen molar-refractivity contribution >= 4 is 16.5 Å². The molecule has 0 aliphatic heterocycles. The smallest absolute Gasteiger partial charge is 0.278 e. The van der Waals surface area contributed by atoms with Gasteiger partial charge in [0.15, 0.2) is 0 Å². The summed E-state index contributed by atoms with van der Waals surface area (Å²) in [6, 6.07) is 14.8. The highest BCUT2D eigenvalue weighted by Crippen LogP contribution is 2.34. The molecule has 0 amide bonds. The Balaban J connectivity index is 2.27. The Morgan fingerprint density at radius 3 is 2.29 bits per heavy atom. The van der Waals surface area contributed by atoms with E-state index in [0.717, 1.165) is 16.5 Å². The lowest BCUT2D eigenvalue weighted by Gasteiger charge is -2.06. The van der Waals surface area contributed by atoms with Crippen LogP contribution in [0.2, 0.25) is 0 Å². The van der Waals surface area contributed by atoms with Gasteiger partial charge in [0, 0.05) is 29.7 Å². The molecule has 0 radical (unpaired) electrons. The van der Waals surface area contributed by atoms with Crippen molar-refractivity contribution in [3.63, 3.8) is 0 Å². The zero-order chi connectivity index (χ0) is 15.0. The van der Waals surface area contributed by atoms with Gasteiger partial charge in [-0.15, -0.1) is 0 Å². The number of hydrogen-bond donors (Lipinski definition) is 0. The molecule has 106 valence electrons. The van der Waals surface area contributed by atoms with Gasteiger partial charge in [-0.1, -0.05) is 48.0 Å². The van der Waals surface area contributed by atoms with Crippen LogP contribution in [0.4, 0.5) is 8.78 Å². The first kappa shape index (κ1) is 13.6. The number of hydrogen-bond acceptors (Lipinski definition) is 0. The molecule has 1 nitrogen and oxygen atoms in total. The van der Waals surface area contributed by atoms with Crippen molar-refractivity contribution in [1.82, 2.24) is 4.57 Å². The average Bonchev–Trinajstić information content (AvgIpc) is 2.79. The van der Waals surface area contributed by atoms with Gasteiger partial charge in [-0.2, -0.15) is 8.78 Å². The third-order valence-corrected chi connectivity index (χ3v) is 3.70. The van der Waals surface area contributed by atoms with Gasteiger partial charge in [-0.05, 0) is 18.6 Å². The second-order valence-corrected chi connectivity index (χ2v) is 5.17. The molecule has 0 saturated heterocycles. The van der Waals surface area contributed by atoms with Gasteiger partial charge in [0.2, 0.25) is 0 Å². The quantitative estimate of drug-likeness (QED) is 0.613. The molecule has 0 unspecified atom stereocenters. The van der Waals surface area contributed by atoms with Crippen molar-refractivity contribution in [3.05, 3.63) is 77.5 Å². The van der Waals surface area contributed by atoms with Crippen LogP contribution in [0.15, 0.2) is 60.8 Å². The molecule has 0 atom stereocenters. The van der Waals surface area contributed by atoms with Crippen molar-refractivity contribution < 1.29 is 8.78 Å². The van der Waals surface area contributed by atoms with Gasteiger partial charge >= 0.3 is 0 Å². The molecule has 3 heteroatoms. The zero-order valence-electron chi connectivity index (χ0n) is 11.9. The van der Waals surface area contributed by atoms with Crippen LogP contribution in [-0.2, 0) is 7.05 Å². The highest BCUT2D eigenvalue weighted by Gasteiger charge is 2.17. The Morgan fingerprint density at radius 1 is 0.952 bits per heavy atom. The summed E-state index contributed by atoms with van der Waals surface area (Å²) >= 11 is 0. The summed E-state index contributed by atoms with van der Waals surface area (Å²) in [5, 5.41) is 0.836. The number of rotatable bonds is 2. The molecule has 0 spiro atoms. The van der Waals surface area contributed by atoms with Gasteiger partial charge in [-0.3, -0.25) is 0 Å². The fraction of sp³-hybridized carbons (Fsp3) is 0.111. The summed E-state index contributed by atoms with van der Waals surface area (Å²) in [6.45, 7) is 1.94. The third kappa shape index (κ3) is 2.35. The molecule has 3 rings (SSSR count). The van der Waals surface area contributed by atoms with Gasteiger partial charge in [0.1, 0.15) is 0 Å². The molecule has 0 aliphatic carbocycles. The first-order valence-corrected chi connectivity index (χ1v) is 6.74. The average molecular weight is 283 g/mol. The van der Waals surface area contributed by atoms with E-state index in [1.807, 2.05) is 54.9 Å². The minimum atomic E-state index is -1.66. The Bertz CT molecular complexity index is 822. The maximum atomic E-state index is 13.6.